The number of hydrogen-bond acceptors (Lipinski definition) is 5. The minimum absolute atomic E-state index is 0.0595. The molecule has 0 spiro atoms. The second-order valence-corrected chi connectivity index (χ2v) is 6.31. The van der Waals surface area contributed by atoms with E-state index in [1.54, 1.807) is 6.20 Å². The minimum atomic E-state index is 0.0595. The van der Waals surface area contributed by atoms with E-state index in [1.165, 1.54) is 5.56 Å². The van der Waals surface area contributed by atoms with Crippen molar-refractivity contribution < 1.29 is 9.53 Å². The van der Waals surface area contributed by atoms with Gasteiger partial charge < -0.3 is 15.0 Å². The number of morpholine rings is 1. The van der Waals surface area contributed by atoms with Crippen molar-refractivity contribution in [2.24, 2.45) is 0 Å². The highest BCUT2D eigenvalue weighted by Gasteiger charge is 2.21. The van der Waals surface area contributed by atoms with Gasteiger partial charge in [0.05, 0.1) is 13.2 Å². The SMILES string of the molecule is O=C(NCCN1CCOCC1)N1CCN(Cc2cccnc2)CC1. The number of ether oxygens (including phenoxy) is 1. The van der Waals surface area contributed by atoms with Gasteiger partial charge in [0.25, 0.3) is 0 Å². The maximum absolute atomic E-state index is 12.2. The predicted molar refractivity (Wildman–Crippen MR) is 91.7 cm³/mol. The number of carbonyl (C=O) groups is 1. The van der Waals surface area contributed by atoms with Crippen LogP contribution >= 0.6 is 0 Å². The van der Waals surface area contributed by atoms with E-state index in [2.05, 4.69) is 26.2 Å². The molecule has 7 nitrogen and oxygen atoms in total. The normalized spacial score (nSPS) is 20.1. The molecule has 2 aliphatic rings. The first kappa shape index (κ1) is 17.1. The summed E-state index contributed by atoms with van der Waals surface area (Å²) in [5, 5.41) is 3.04. The van der Waals surface area contributed by atoms with Crippen molar-refractivity contribution in [2.75, 3.05) is 65.6 Å². The van der Waals surface area contributed by atoms with Gasteiger partial charge >= 0.3 is 6.03 Å². The van der Waals surface area contributed by atoms with Gasteiger partial charge in [-0.2, -0.15) is 0 Å². The van der Waals surface area contributed by atoms with E-state index >= 15 is 0 Å². The highest BCUT2D eigenvalue weighted by atomic mass is 16.5. The van der Waals surface area contributed by atoms with E-state index in [1.807, 2.05) is 17.2 Å². The molecule has 0 saturated carbocycles. The summed E-state index contributed by atoms with van der Waals surface area (Å²) in [5.41, 5.74) is 1.22. The zero-order valence-electron chi connectivity index (χ0n) is 14.2. The molecule has 1 N–H and O–H groups in total. The van der Waals surface area contributed by atoms with E-state index in [4.69, 9.17) is 4.74 Å². The van der Waals surface area contributed by atoms with Crippen molar-refractivity contribution in [1.29, 1.82) is 0 Å². The number of rotatable bonds is 5. The van der Waals surface area contributed by atoms with Crippen LogP contribution in [-0.2, 0) is 11.3 Å². The van der Waals surface area contributed by atoms with E-state index in [0.29, 0.717) is 6.54 Å². The molecule has 2 amide bonds. The Labute approximate surface area is 143 Å². The van der Waals surface area contributed by atoms with Crippen molar-refractivity contribution in [3.63, 3.8) is 0 Å². The molecule has 132 valence electrons. The summed E-state index contributed by atoms with van der Waals surface area (Å²) < 4.78 is 5.33. The summed E-state index contributed by atoms with van der Waals surface area (Å²) in [7, 11) is 0. The molecule has 0 radical (unpaired) electrons. The molecule has 0 unspecified atom stereocenters. The number of hydrogen-bond donors (Lipinski definition) is 1. The standard InChI is InChI=1S/C17H27N5O2/c23-17(19-4-5-20-10-12-24-13-11-20)22-8-6-21(7-9-22)15-16-2-1-3-18-14-16/h1-3,14H,4-13,15H2,(H,19,23). The monoisotopic (exact) mass is 333 g/mol. The average molecular weight is 333 g/mol. The van der Waals surface area contributed by atoms with E-state index < -0.39 is 0 Å². The van der Waals surface area contributed by atoms with E-state index in [0.717, 1.165) is 65.6 Å². The predicted octanol–water partition coefficient (Wildman–Crippen LogP) is 0.241. The van der Waals surface area contributed by atoms with Gasteiger partial charge in [-0.25, -0.2) is 4.79 Å². The van der Waals surface area contributed by atoms with Crippen molar-refractivity contribution >= 4 is 6.03 Å². The smallest absolute Gasteiger partial charge is 0.317 e. The van der Waals surface area contributed by atoms with Gasteiger partial charge in [-0.05, 0) is 11.6 Å². The number of amides is 2. The van der Waals surface area contributed by atoms with Crippen LogP contribution in [0.1, 0.15) is 5.56 Å². The van der Waals surface area contributed by atoms with Crippen LogP contribution < -0.4 is 5.32 Å². The molecule has 7 heteroatoms. The summed E-state index contributed by atoms with van der Waals surface area (Å²) in [6.45, 7) is 9.40. The van der Waals surface area contributed by atoms with Crippen molar-refractivity contribution in [2.45, 2.75) is 6.54 Å². The van der Waals surface area contributed by atoms with Crippen LogP contribution in [0.25, 0.3) is 0 Å². The Bertz CT molecular complexity index is 499. The lowest BCUT2D eigenvalue weighted by molar-refractivity contribution is 0.0385. The molecule has 0 aliphatic carbocycles. The fourth-order valence-corrected chi connectivity index (χ4v) is 3.12. The molecular formula is C17H27N5O2. The zero-order chi connectivity index (χ0) is 16.6. The highest BCUT2D eigenvalue weighted by molar-refractivity contribution is 5.74. The second kappa shape index (κ2) is 8.96. The van der Waals surface area contributed by atoms with Crippen LogP contribution in [0.2, 0.25) is 0 Å². The Morgan fingerprint density at radius 3 is 2.62 bits per heavy atom. The Morgan fingerprint density at radius 2 is 1.92 bits per heavy atom. The summed E-state index contributed by atoms with van der Waals surface area (Å²) in [4.78, 5) is 23.0. The first-order chi connectivity index (χ1) is 11.8. The first-order valence-corrected chi connectivity index (χ1v) is 8.75. The summed E-state index contributed by atoms with van der Waals surface area (Å²) in [5.74, 6) is 0. The fourth-order valence-electron chi connectivity index (χ4n) is 3.12. The Morgan fingerprint density at radius 1 is 1.12 bits per heavy atom. The number of aromatic nitrogens is 1. The molecular weight excluding hydrogens is 306 g/mol. The fraction of sp³-hybridized carbons (Fsp3) is 0.647. The van der Waals surface area contributed by atoms with Crippen LogP contribution in [0.3, 0.4) is 0 Å². The molecule has 2 aliphatic heterocycles. The summed E-state index contributed by atoms with van der Waals surface area (Å²) in [6.07, 6.45) is 3.70. The Balaban J connectivity index is 1.32. The number of piperazine rings is 1. The van der Waals surface area contributed by atoms with Crippen LogP contribution in [0.15, 0.2) is 24.5 Å². The average Bonchev–Trinajstić information content (AvgIpc) is 2.64. The van der Waals surface area contributed by atoms with Gasteiger partial charge in [0.1, 0.15) is 0 Å². The maximum atomic E-state index is 12.2. The largest absolute Gasteiger partial charge is 0.379 e. The molecule has 1 aromatic rings. The lowest BCUT2D eigenvalue weighted by atomic mass is 10.2. The van der Waals surface area contributed by atoms with E-state index in [-0.39, 0.29) is 6.03 Å². The molecule has 2 fully saturated rings. The van der Waals surface area contributed by atoms with E-state index in [9.17, 15) is 4.79 Å². The molecule has 0 bridgehead atoms. The van der Waals surface area contributed by atoms with Crippen LogP contribution in [0.4, 0.5) is 4.79 Å². The zero-order valence-corrected chi connectivity index (χ0v) is 14.2. The number of carbonyl (C=O) groups excluding carboxylic acids is 1. The van der Waals surface area contributed by atoms with Gasteiger partial charge in [0.15, 0.2) is 0 Å². The lowest BCUT2D eigenvalue weighted by Crippen LogP contribution is -2.52. The van der Waals surface area contributed by atoms with Gasteiger partial charge in [-0.3, -0.25) is 14.8 Å². The topological polar surface area (TPSA) is 60.9 Å². The van der Waals surface area contributed by atoms with Crippen LogP contribution in [0.5, 0.6) is 0 Å². The second-order valence-electron chi connectivity index (χ2n) is 6.31. The van der Waals surface area contributed by atoms with Gasteiger partial charge in [-0.15, -0.1) is 0 Å². The third-order valence-electron chi connectivity index (χ3n) is 4.60. The minimum Gasteiger partial charge on any atom is -0.379 e. The first-order valence-electron chi connectivity index (χ1n) is 8.75. The molecule has 1 aromatic heterocycles. The van der Waals surface area contributed by atoms with Crippen molar-refractivity contribution in [3.05, 3.63) is 30.1 Å². The number of nitrogens with one attached hydrogen (secondary N) is 1. The molecule has 0 atom stereocenters. The van der Waals surface area contributed by atoms with Crippen molar-refractivity contribution in [1.82, 2.24) is 25.0 Å². The molecule has 0 aromatic carbocycles. The quantitative estimate of drug-likeness (QED) is 0.836. The maximum Gasteiger partial charge on any atom is 0.317 e. The highest BCUT2D eigenvalue weighted by Crippen LogP contribution is 2.07. The molecule has 3 rings (SSSR count). The molecule has 24 heavy (non-hydrogen) atoms. The van der Waals surface area contributed by atoms with Gasteiger partial charge in [-0.1, -0.05) is 6.07 Å². The van der Waals surface area contributed by atoms with Crippen LogP contribution in [0, 0.1) is 0 Å². The lowest BCUT2D eigenvalue weighted by Gasteiger charge is -2.35. The van der Waals surface area contributed by atoms with Gasteiger partial charge in [0, 0.05) is 71.3 Å². The number of urea groups is 1. The molecule has 2 saturated heterocycles. The Kier molecular flexibility index (Phi) is 6.40. The third kappa shape index (κ3) is 5.15. The number of pyridine rings is 1. The van der Waals surface area contributed by atoms with Crippen molar-refractivity contribution in [3.8, 4) is 0 Å². The van der Waals surface area contributed by atoms with Gasteiger partial charge in [0.2, 0.25) is 0 Å². The summed E-state index contributed by atoms with van der Waals surface area (Å²) in [6, 6.07) is 4.12. The third-order valence-corrected chi connectivity index (χ3v) is 4.60. The Hall–Kier alpha value is -1.70. The number of nitrogens with zero attached hydrogens (tertiary/aromatic N) is 4. The summed E-state index contributed by atoms with van der Waals surface area (Å²) >= 11 is 0. The van der Waals surface area contributed by atoms with Crippen LogP contribution in [-0.4, -0.2) is 91.3 Å². The molecule has 3 heterocycles.